The molecule has 2 nitrogen and oxygen atoms in total. The average Bonchev–Trinajstić information content (AvgIpc) is 3.00. The third kappa shape index (κ3) is 3.32. The first kappa shape index (κ1) is 15.1. The molecule has 0 spiro atoms. The Morgan fingerprint density at radius 1 is 1.24 bits per heavy atom. The molecule has 1 N–H and O–H groups in total. The predicted molar refractivity (Wildman–Crippen MR) is 87.3 cm³/mol. The minimum atomic E-state index is -0.366. The molecule has 0 radical (unpaired) electrons. The molecule has 1 aromatic rings. The van der Waals surface area contributed by atoms with Crippen molar-refractivity contribution < 1.29 is 5.11 Å². The topological polar surface area (TPSA) is 23.5 Å². The number of nitrogens with zero attached hydrogens (tertiary/aromatic N) is 1. The van der Waals surface area contributed by atoms with Crippen molar-refractivity contribution in [1.29, 1.82) is 0 Å². The molecule has 2 saturated carbocycles. The number of hydrogen-bond donors (Lipinski definition) is 1. The van der Waals surface area contributed by atoms with E-state index < -0.39 is 0 Å². The summed E-state index contributed by atoms with van der Waals surface area (Å²) in [7, 11) is 2.17. The van der Waals surface area contributed by atoms with Crippen LogP contribution in [0, 0.1) is 31.6 Å². The molecule has 2 aliphatic carbocycles. The summed E-state index contributed by atoms with van der Waals surface area (Å²) in [5.41, 5.74) is 3.55. The van der Waals surface area contributed by atoms with E-state index in [1.165, 1.54) is 36.8 Å². The number of aliphatic hydroxyl groups excluding tert-OH is 1. The van der Waals surface area contributed by atoms with E-state index in [2.05, 4.69) is 44.0 Å². The zero-order valence-electron chi connectivity index (χ0n) is 13.7. The van der Waals surface area contributed by atoms with E-state index in [1.807, 2.05) is 0 Å². The highest BCUT2D eigenvalue weighted by Gasteiger charge is 2.39. The van der Waals surface area contributed by atoms with Crippen LogP contribution in [0.4, 0.5) is 0 Å². The Labute approximate surface area is 129 Å². The van der Waals surface area contributed by atoms with Crippen LogP contribution >= 0.6 is 0 Å². The third-order valence-corrected chi connectivity index (χ3v) is 5.70. The average molecular weight is 287 g/mol. The van der Waals surface area contributed by atoms with Gasteiger partial charge < -0.3 is 10.0 Å². The van der Waals surface area contributed by atoms with Gasteiger partial charge in [-0.3, -0.25) is 0 Å². The molecule has 3 rings (SSSR count). The lowest BCUT2D eigenvalue weighted by molar-refractivity contribution is 0.110. The molecule has 0 amide bonds. The first-order valence-electron chi connectivity index (χ1n) is 8.46. The Morgan fingerprint density at radius 2 is 2.05 bits per heavy atom. The maximum absolute atomic E-state index is 10.5. The second kappa shape index (κ2) is 6.10. The molecule has 0 aromatic heterocycles. The summed E-state index contributed by atoms with van der Waals surface area (Å²) in [6.45, 7) is 6.10. The van der Waals surface area contributed by atoms with Crippen LogP contribution in [0.3, 0.4) is 0 Å². The number of aryl methyl sites for hydroxylation is 2. The van der Waals surface area contributed by atoms with E-state index in [9.17, 15) is 5.11 Å². The van der Waals surface area contributed by atoms with Gasteiger partial charge >= 0.3 is 0 Å². The summed E-state index contributed by atoms with van der Waals surface area (Å²) in [4.78, 5) is 2.34. The maximum Gasteiger partial charge on any atom is 0.0919 e. The maximum atomic E-state index is 10.5. The Morgan fingerprint density at radius 3 is 2.67 bits per heavy atom. The van der Waals surface area contributed by atoms with Crippen LogP contribution in [0.15, 0.2) is 18.2 Å². The van der Waals surface area contributed by atoms with Gasteiger partial charge in [-0.05, 0) is 69.0 Å². The van der Waals surface area contributed by atoms with Gasteiger partial charge in [0.2, 0.25) is 0 Å². The predicted octanol–water partition coefficient (Wildman–Crippen LogP) is 3.70. The van der Waals surface area contributed by atoms with Crippen molar-refractivity contribution in [2.24, 2.45) is 17.8 Å². The fourth-order valence-electron chi connectivity index (χ4n) is 4.67. The van der Waals surface area contributed by atoms with Crippen molar-refractivity contribution in [3.05, 3.63) is 34.9 Å². The van der Waals surface area contributed by atoms with Crippen molar-refractivity contribution in [1.82, 2.24) is 4.90 Å². The summed E-state index contributed by atoms with van der Waals surface area (Å²) in [6, 6.07) is 6.34. The lowest BCUT2D eigenvalue weighted by Crippen LogP contribution is -2.32. The second-order valence-corrected chi connectivity index (χ2v) is 7.53. The molecular weight excluding hydrogens is 258 g/mol. The molecule has 2 heteroatoms. The number of benzene rings is 1. The lowest BCUT2D eigenvalue weighted by Gasteiger charge is -2.29. The minimum absolute atomic E-state index is 0.366. The molecule has 2 bridgehead atoms. The standard InChI is InChI=1S/C19H29NO/c1-13-4-7-18(14(2)8-13)19(21)12-20(3)11-17-10-15-5-6-16(17)9-15/h4,7-8,15-17,19,21H,5-6,9-12H2,1-3H3. The van der Waals surface area contributed by atoms with Crippen molar-refractivity contribution in [3.63, 3.8) is 0 Å². The number of hydrogen-bond acceptors (Lipinski definition) is 2. The molecule has 1 aromatic carbocycles. The molecule has 4 atom stereocenters. The van der Waals surface area contributed by atoms with E-state index in [0.29, 0.717) is 0 Å². The smallest absolute Gasteiger partial charge is 0.0919 e. The van der Waals surface area contributed by atoms with E-state index in [4.69, 9.17) is 0 Å². The van der Waals surface area contributed by atoms with Crippen molar-refractivity contribution in [3.8, 4) is 0 Å². The first-order valence-corrected chi connectivity index (χ1v) is 8.46. The van der Waals surface area contributed by atoms with Crippen LogP contribution in [0.5, 0.6) is 0 Å². The van der Waals surface area contributed by atoms with Gasteiger partial charge in [0.25, 0.3) is 0 Å². The van der Waals surface area contributed by atoms with Gasteiger partial charge in [-0.2, -0.15) is 0 Å². The van der Waals surface area contributed by atoms with Gasteiger partial charge in [-0.1, -0.05) is 30.2 Å². The zero-order chi connectivity index (χ0) is 15.0. The number of aliphatic hydroxyl groups is 1. The monoisotopic (exact) mass is 287 g/mol. The summed E-state index contributed by atoms with van der Waals surface area (Å²) in [6.07, 6.45) is 5.44. The highest BCUT2D eigenvalue weighted by molar-refractivity contribution is 5.32. The molecule has 2 fully saturated rings. The number of likely N-dealkylation sites (N-methyl/N-ethyl adjacent to an activating group) is 1. The Balaban J connectivity index is 1.55. The fraction of sp³-hybridized carbons (Fsp3) is 0.684. The van der Waals surface area contributed by atoms with Crippen molar-refractivity contribution in [2.45, 2.75) is 45.6 Å². The van der Waals surface area contributed by atoms with Gasteiger partial charge in [0.1, 0.15) is 0 Å². The van der Waals surface area contributed by atoms with E-state index >= 15 is 0 Å². The summed E-state index contributed by atoms with van der Waals surface area (Å²) in [5, 5.41) is 10.5. The number of rotatable bonds is 5. The van der Waals surface area contributed by atoms with Crippen LogP contribution < -0.4 is 0 Å². The molecule has 21 heavy (non-hydrogen) atoms. The Bertz CT molecular complexity index is 498. The lowest BCUT2D eigenvalue weighted by atomic mass is 9.88. The van der Waals surface area contributed by atoms with Gasteiger partial charge in [0, 0.05) is 13.1 Å². The summed E-state index contributed by atoms with van der Waals surface area (Å²) < 4.78 is 0. The van der Waals surface area contributed by atoms with E-state index in [-0.39, 0.29) is 6.10 Å². The third-order valence-electron chi connectivity index (χ3n) is 5.70. The SMILES string of the molecule is Cc1ccc(C(O)CN(C)CC2CC3CCC2C3)c(C)c1. The first-order chi connectivity index (χ1) is 10.0. The fourth-order valence-corrected chi connectivity index (χ4v) is 4.67. The normalized spacial score (nSPS) is 29.3. The molecule has 0 aliphatic heterocycles. The van der Waals surface area contributed by atoms with Crippen LogP contribution in [0.2, 0.25) is 0 Å². The largest absolute Gasteiger partial charge is 0.387 e. The molecular formula is C19H29NO. The summed E-state index contributed by atoms with van der Waals surface area (Å²) in [5.74, 6) is 2.86. The van der Waals surface area contributed by atoms with E-state index in [0.717, 1.165) is 36.4 Å². The van der Waals surface area contributed by atoms with Crippen molar-refractivity contribution in [2.75, 3.05) is 20.1 Å². The quantitative estimate of drug-likeness (QED) is 0.892. The summed E-state index contributed by atoms with van der Waals surface area (Å²) >= 11 is 0. The Kier molecular flexibility index (Phi) is 4.37. The minimum Gasteiger partial charge on any atom is -0.387 e. The van der Waals surface area contributed by atoms with Crippen LogP contribution in [0.25, 0.3) is 0 Å². The van der Waals surface area contributed by atoms with Crippen LogP contribution in [-0.4, -0.2) is 30.1 Å². The zero-order valence-corrected chi connectivity index (χ0v) is 13.7. The second-order valence-electron chi connectivity index (χ2n) is 7.53. The highest BCUT2D eigenvalue weighted by atomic mass is 16.3. The highest BCUT2D eigenvalue weighted by Crippen LogP contribution is 2.48. The number of fused-ring (bicyclic) bond motifs is 2. The van der Waals surface area contributed by atoms with Gasteiger partial charge in [-0.15, -0.1) is 0 Å². The Hall–Kier alpha value is -0.860. The van der Waals surface area contributed by atoms with Gasteiger partial charge in [0.15, 0.2) is 0 Å². The molecule has 2 aliphatic rings. The van der Waals surface area contributed by atoms with Crippen LogP contribution in [0.1, 0.15) is 48.5 Å². The van der Waals surface area contributed by atoms with E-state index in [1.54, 1.807) is 0 Å². The molecule has 0 heterocycles. The molecule has 4 unspecified atom stereocenters. The van der Waals surface area contributed by atoms with Gasteiger partial charge in [-0.25, -0.2) is 0 Å². The van der Waals surface area contributed by atoms with Crippen molar-refractivity contribution >= 4 is 0 Å². The van der Waals surface area contributed by atoms with Gasteiger partial charge in [0.05, 0.1) is 6.10 Å². The van der Waals surface area contributed by atoms with Crippen LogP contribution in [-0.2, 0) is 0 Å². The molecule has 116 valence electrons. The molecule has 0 saturated heterocycles.